The van der Waals surface area contributed by atoms with E-state index in [9.17, 15) is 9.18 Å². The van der Waals surface area contributed by atoms with Crippen molar-refractivity contribution in [2.24, 2.45) is 0 Å². The Morgan fingerprint density at radius 2 is 2.13 bits per heavy atom. The first-order chi connectivity index (χ1) is 7.15. The Hall–Kier alpha value is -2.09. The van der Waals surface area contributed by atoms with Crippen molar-refractivity contribution in [1.82, 2.24) is 0 Å². The minimum Gasteiger partial charge on any atom is -0.494 e. The number of halogens is 1. The van der Waals surface area contributed by atoms with Crippen molar-refractivity contribution in [3.8, 4) is 11.8 Å². The lowest BCUT2D eigenvalue weighted by Gasteiger charge is -2.06. The Kier molecular flexibility index (Phi) is 3.24. The summed E-state index contributed by atoms with van der Waals surface area (Å²) in [6.07, 6.45) is 0. The molecule has 15 heavy (non-hydrogen) atoms. The minimum absolute atomic E-state index is 0.0841. The average molecular weight is 209 g/mol. The van der Waals surface area contributed by atoms with E-state index in [0.717, 1.165) is 7.11 Å². The molecule has 0 unspecified atom stereocenters. The molecule has 0 aromatic heterocycles. The molecule has 0 aliphatic carbocycles. The second-order valence-electron chi connectivity index (χ2n) is 2.61. The summed E-state index contributed by atoms with van der Waals surface area (Å²) in [6.45, 7) is 0. The highest BCUT2D eigenvalue weighted by molar-refractivity contribution is 5.92. The molecule has 0 saturated carbocycles. The van der Waals surface area contributed by atoms with Crippen LogP contribution in [0, 0.1) is 17.1 Å². The van der Waals surface area contributed by atoms with E-state index in [2.05, 4.69) is 9.47 Å². The van der Waals surface area contributed by atoms with Gasteiger partial charge in [-0.3, -0.25) is 0 Å². The van der Waals surface area contributed by atoms with E-state index >= 15 is 0 Å². The molecule has 78 valence electrons. The van der Waals surface area contributed by atoms with E-state index < -0.39 is 11.8 Å². The highest BCUT2D eigenvalue weighted by Gasteiger charge is 2.18. The third kappa shape index (κ3) is 1.89. The number of methoxy groups -OCH3 is 2. The smallest absolute Gasteiger partial charge is 0.339 e. The van der Waals surface area contributed by atoms with E-state index in [1.54, 1.807) is 6.07 Å². The molecule has 5 heteroatoms. The SMILES string of the molecule is COC(=O)c1ccc(OC)c(F)c1C#N. The second kappa shape index (κ2) is 4.42. The normalized spacial score (nSPS) is 9.20. The summed E-state index contributed by atoms with van der Waals surface area (Å²) in [5, 5.41) is 8.71. The standard InChI is InChI=1S/C10H8FNO3/c1-14-8-4-3-6(10(13)15-2)7(5-12)9(8)11/h3-4H,1-2H3. The van der Waals surface area contributed by atoms with Crippen molar-refractivity contribution in [2.75, 3.05) is 14.2 Å². The first-order valence-electron chi connectivity index (χ1n) is 4.00. The quantitative estimate of drug-likeness (QED) is 0.692. The van der Waals surface area contributed by atoms with Gasteiger partial charge in [0.2, 0.25) is 0 Å². The van der Waals surface area contributed by atoms with Gasteiger partial charge in [-0.2, -0.15) is 5.26 Å². The van der Waals surface area contributed by atoms with Gasteiger partial charge < -0.3 is 9.47 Å². The van der Waals surface area contributed by atoms with Crippen LogP contribution >= 0.6 is 0 Å². The van der Waals surface area contributed by atoms with Crippen LogP contribution in [0.15, 0.2) is 12.1 Å². The van der Waals surface area contributed by atoms with Gasteiger partial charge in [0.1, 0.15) is 11.6 Å². The maximum atomic E-state index is 13.5. The van der Waals surface area contributed by atoms with E-state index in [4.69, 9.17) is 5.26 Å². The molecule has 0 bridgehead atoms. The van der Waals surface area contributed by atoms with Crippen molar-refractivity contribution < 1.29 is 18.7 Å². The predicted octanol–water partition coefficient (Wildman–Crippen LogP) is 1.49. The summed E-state index contributed by atoms with van der Waals surface area (Å²) in [4.78, 5) is 11.2. The third-order valence-corrected chi connectivity index (χ3v) is 1.84. The van der Waals surface area contributed by atoms with E-state index in [-0.39, 0.29) is 16.9 Å². The Morgan fingerprint density at radius 1 is 1.47 bits per heavy atom. The monoisotopic (exact) mass is 209 g/mol. The fourth-order valence-electron chi connectivity index (χ4n) is 1.10. The molecule has 0 atom stereocenters. The molecule has 1 aromatic carbocycles. The van der Waals surface area contributed by atoms with Crippen LogP contribution in [0.5, 0.6) is 5.75 Å². The molecule has 4 nitrogen and oxygen atoms in total. The van der Waals surface area contributed by atoms with Gasteiger partial charge in [0.25, 0.3) is 0 Å². The topological polar surface area (TPSA) is 59.3 Å². The van der Waals surface area contributed by atoms with Gasteiger partial charge in [-0.25, -0.2) is 9.18 Å². The third-order valence-electron chi connectivity index (χ3n) is 1.84. The Balaban J connectivity index is 3.39. The van der Waals surface area contributed by atoms with E-state index in [1.807, 2.05) is 0 Å². The van der Waals surface area contributed by atoms with Crippen molar-refractivity contribution in [1.29, 1.82) is 5.26 Å². The van der Waals surface area contributed by atoms with Crippen LogP contribution in [0.25, 0.3) is 0 Å². The van der Waals surface area contributed by atoms with Crippen LogP contribution < -0.4 is 4.74 Å². The summed E-state index contributed by atoms with van der Waals surface area (Å²) in [6, 6.07) is 4.15. The molecule has 0 amide bonds. The maximum Gasteiger partial charge on any atom is 0.339 e. The highest BCUT2D eigenvalue weighted by Crippen LogP contribution is 2.23. The van der Waals surface area contributed by atoms with Gasteiger partial charge in [-0.15, -0.1) is 0 Å². The van der Waals surface area contributed by atoms with Crippen LogP contribution in [-0.4, -0.2) is 20.2 Å². The van der Waals surface area contributed by atoms with Gasteiger partial charge in [-0.05, 0) is 12.1 Å². The number of hydrogen-bond acceptors (Lipinski definition) is 4. The van der Waals surface area contributed by atoms with Crippen molar-refractivity contribution >= 4 is 5.97 Å². The number of benzene rings is 1. The molecule has 1 rings (SSSR count). The van der Waals surface area contributed by atoms with Crippen LogP contribution in [0.2, 0.25) is 0 Å². The highest BCUT2D eigenvalue weighted by atomic mass is 19.1. The summed E-state index contributed by atoms with van der Waals surface area (Å²) < 4.78 is 22.6. The molecular weight excluding hydrogens is 201 g/mol. The molecule has 0 saturated heterocycles. The summed E-state index contributed by atoms with van der Waals surface area (Å²) in [5.74, 6) is -1.70. The average Bonchev–Trinajstić information content (AvgIpc) is 2.27. The number of ether oxygens (including phenoxy) is 2. The molecule has 1 aromatic rings. The lowest BCUT2D eigenvalue weighted by molar-refractivity contribution is 0.0599. The zero-order valence-electron chi connectivity index (χ0n) is 8.20. The van der Waals surface area contributed by atoms with Crippen molar-refractivity contribution in [2.45, 2.75) is 0 Å². The van der Waals surface area contributed by atoms with Gasteiger partial charge in [0.15, 0.2) is 11.6 Å². The van der Waals surface area contributed by atoms with E-state index in [1.165, 1.54) is 19.2 Å². The largest absolute Gasteiger partial charge is 0.494 e. The second-order valence-corrected chi connectivity index (χ2v) is 2.61. The first-order valence-corrected chi connectivity index (χ1v) is 4.00. The van der Waals surface area contributed by atoms with Crippen LogP contribution in [0.4, 0.5) is 4.39 Å². The number of hydrogen-bond donors (Lipinski definition) is 0. The molecule has 0 heterocycles. The molecule has 0 fully saturated rings. The summed E-state index contributed by atoms with van der Waals surface area (Å²) in [7, 11) is 2.43. The fourth-order valence-corrected chi connectivity index (χ4v) is 1.10. The van der Waals surface area contributed by atoms with Crippen LogP contribution in [-0.2, 0) is 4.74 Å². The number of rotatable bonds is 2. The predicted molar refractivity (Wildman–Crippen MR) is 49.0 cm³/mol. The van der Waals surface area contributed by atoms with Gasteiger partial charge in [-0.1, -0.05) is 0 Å². The number of esters is 1. The minimum atomic E-state index is -0.858. The van der Waals surface area contributed by atoms with Gasteiger partial charge >= 0.3 is 5.97 Å². The van der Waals surface area contributed by atoms with Crippen molar-refractivity contribution in [3.05, 3.63) is 29.1 Å². The Morgan fingerprint density at radius 3 is 2.60 bits per heavy atom. The molecule has 0 radical (unpaired) electrons. The molecule has 0 spiro atoms. The maximum absolute atomic E-state index is 13.5. The number of nitrogens with zero attached hydrogens (tertiary/aromatic N) is 1. The lowest BCUT2D eigenvalue weighted by Crippen LogP contribution is -2.06. The van der Waals surface area contributed by atoms with Crippen LogP contribution in [0.3, 0.4) is 0 Å². The fraction of sp³-hybridized carbons (Fsp3) is 0.200. The van der Waals surface area contributed by atoms with Gasteiger partial charge in [0.05, 0.1) is 19.8 Å². The number of nitriles is 1. The molecule has 0 aliphatic heterocycles. The molecular formula is C10H8FNO3. The van der Waals surface area contributed by atoms with E-state index in [0.29, 0.717) is 0 Å². The first kappa shape index (κ1) is 11.0. The summed E-state index contributed by atoms with van der Waals surface area (Å²) in [5.41, 5.74) is -0.487. The summed E-state index contributed by atoms with van der Waals surface area (Å²) >= 11 is 0. The Labute approximate surface area is 85.8 Å². The Bertz CT molecular complexity index is 437. The molecule has 0 aliphatic rings. The van der Waals surface area contributed by atoms with Crippen LogP contribution in [0.1, 0.15) is 15.9 Å². The van der Waals surface area contributed by atoms with Crippen molar-refractivity contribution in [3.63, 3.8) is 0 Å². The zero-order valence-corrected chi connectivity index (χ0v) is 8.20. The lowest BCUT2D eigenvalue weighted by atomic mass is 10.1. The molecule has 0 N–H and O–H groups in total. The number of carbonyl (C=O) groups excluding carboxylic acids is 1. The van der Waals surface area contributed by atoms with Gasteiger partial charge in [0, 0.05) is 0 Å². The zero-order chi connectivity index (χ0) is 11.4. The number of carbonyl (C=O) groups is 1.